The van der Waals surface area contributed by atoms with E-state index in [2.05, 4.69) is 5.32 Å². The number of carbonyl (C=O) groups excluding carboxylic acids is 1. The van der Waals surface area contributed by atoms with E-state index in [1.165, 1.54) is 17.5 Å². The van der Waals surface area contributed by atoms with E-state index in [1.807, 2.05) is 18.2 Å². The minimum atomic E-state index is -3.59. The third-order valence-corrected chi connectivity index (χ3v) is 6.50. The molecule has 34 heavy (non-hydrogen) atoms. The molecular weight excluding hydrogens is 499 g/mol. The standard InChI is InChI=1S/C24H24Cl2N2O5S/c1-32-22-13-11-18(16-20(22)26)28(34(2,30)31)14-6-9-24(29)27-21-15-17(25)10-12-23(21)33-19-7-4-3-5-8-19/h3-5,7-8,10-13,15-16H,6,9,14H2,1-2H3,(H,27,29). The lowest BCUT2D eigenvalue weighted by Gasteiger charge is -2.23. The van der Waals surface area contributed by atoms with E-state index in [0.717, 1.165) is 6.26 Å². The second-order valence-corrected chi connectivity index (χ2v) is 10.1. The van der Waals surface area contributed by atoms with Gasteiger partial charge in [0.05, 0.1) is 29.8 Å². The van der Waals surface area contributed by atoms with Crippen LogP contribution in [0, 0.1) is 0 Å². The topological polar surface area (TPSA) is 84.9 Å². The number of carbonyl (C=O) groups is 1. The van der Waals surface area contributed by atoms with Gasteiger partial charge in [0.25, 0.3) is 0 Å². The lowest BCUT2D eigenvalue weighted by molar-refractivity contribution is -0.116. The Hall–Kier alpha value is -2.94. The number of halogens is 2. The molecule has 0 saturated carbocycles. The molecule has 0 heterocycles. The molecule has 3 rings (SSSR count). The molecule has 3 aromatic carbocycles. The third-order valence-electron chi connectivity index (χ3n) is 4.78. The first-order valence-corrected chi connectivity index (χ1v) is 12.9. The molecule has 180 valence electrons. The van der Waals surface area contributed by atoms with Gasteiger partial charge < -0.3 is 14.8 Å². The smallest absolute Gasteiger partial charge is 0.232 e. The predicted octanol–water partition coefficient (Wildman–Crippen LogP) is 5.98. The molecule has 0 atom stereocenters. The van der Waals surface area contributed by atoms with Gasteiger partial charge in [0.2, 0.25) is 15.9 Å². The molecule has 0 saturated heterocycles. The Kier molecular flexibility index (Phi) is 8.66. The summed E-state index contributed by atoms with van der Waals surface area (Å²) in [5, 5.41) is 3.52. The van der Waals surface area contributed by atoms with Crippen molar-refractivity contribution in [2.45, 2.75) is 12.8 Å². The highest BCUT2D eigenvalue weighted by molar-refractivity contribution is 7.92. The molecule has 0 spiro atoms. The Bertz CT molecular complexity index is 1250. The van der Waals surface area contributed by atoms with Crippen molar-refractivity contribution in [3.05, 3.63) is 76.8 Å². The highest BCUT2D eigenvalue weighted by Gasteiger charge is 2.19. The van der Waals surface area contributed by atoms with Crippen molar-refractivity contribution >= 4 is 50.5 Å². The zero-order valence-electron chi connectivity index (χ0n) is 18.6. The number of methoxy groups -OCH3 is 1. The highest BCUT2D eigenvalue weighted by atomic mass is 35.5. The van der Waals surface area contributed by atoms with Crippen LogP contribution in [-0.2, 0) is 14.8 Å². The van der Waals surface area contributed by atoms with Crippen molar-refractivity contribution in [1.29, 1.82) is 0 Å². The Labute approximate surface area is 209 Å². The molecule has 0 unspecified atom stereocenters. The molecule has 0 radical (unpaired) electrons. The fourth-order valence-electron chi connectivity index (χ4n) is 3.20. The van der Waals surface area contributed by atoms with Crippen LogP contribution in [-0.4, -0.2) is 34.2 Å². The van der Waals surface area contributed by atoms with Crippen LogP contribution < -0.4 is 19.1 Å². The van der Waals surface area contributed by atoms with Crippen molar-refractivity contribution in [1.82, 2.24) is 0 Å². The van der Waals surface area contributed by atoms with Gasteiger partial charge >= 0.3 is 0 Å². The van der Waals surface area contributed by atoms with Gasteiger partial charge in [-0.2, -0.15) is 0 Å². The molecule has 0 aliphatic heterocycles. The quantitative estimate of drug-likeness (QED) is 0.354. The normalized spacial score (nSPS) is 11.1. The SMILES string of the molecule is COc1ccc(N(CCCC(=O)Nc2cc(Cl)ccc2Oc2ccccc2)S(C)(=O)=O)cc1Cl. The van der Waals surface area contributed by atoms with Crippen LogP contribution in [0.3, 0.4) is 0 Å². The third kappa shape index (κ3) is 7.03. The highest BCUT2D eigenvalue weighted by Crippen LogP contribution is 2.33. The number of anilines is 2. The Morgan fingerprint density at radius 3 is 2.35 bits per heavy atom. The summed E-state index contributed by atoms with van der Waals surface area (Å²) in [5.41, 5.74) is 0.811. The molecule has 3 aromatic rings. The fourth-order valence-corrected chi connectivity index (χ4v) is 4.58. The van der Waals surface area contributed by atoms with E-state index in [4.69, 9.17) is 32.7 Å². The van der Waals surface area contributed by atoms with Crippen LogP contribution in [0.25, 0.3) is 0 Å². The number of para-hydroxylation sites is 1. The number of benzene rings is 3. The van der Waals surface area contributed by atoms with Gasteiger partial charge in [-0.25, -0.2) is 8.42 Å². The van der Waals surface area contributed by atoms with Crippen molar-refractivity contribution < 1.29 is 22.7 Å². The maximum Gasteiger partial charge on any atom is 0.232 e. The van der Waals surface area contributed by atoms with E-state index in [1.54, 1.807) is 42.5 Å². The van der Waals surface area contributed by atoms with Crippen molar-refractivity contribution in [2.75, 3.05) is 29.5 Å². The minimum absolute atomic E-state index is 0.0766. The summed E-state index contributed by atoms with van der Waals surface area (Å²) in [7, 11) is -2.12. The summed E-state index contributed by atoms with van der Waals surface area (Å²) in [6.07, 6.45) is 1.45. The van der Waals surface area contributed by atoms with E-state index >= 15 is 0 Å². The first kappa shape index (κ1) is 25.7. The van der Waals surface area contributed by atoms with E-state index in [9.17, 15) is 13.2 Å². The largest absolute Gasteiger partial charge is 0.495 e. The van der Waals surface area contributed by atoms with E-state index in [0.29, 0.717) is 38.7 Å². The molecule has 0 fully saturated rings. The first-order valence-electron chi connectivity index (χ1n) is 10.3. The summed E-state index contributed by atoms with van der Waals surface area (Å²) >= 11 is 12.3. The zero-order valence-corrected chi connectivity index (χ0v) is 21.0. The van der Waals surface area contributed by atoms with Gasteiger partial charge in [0.1, 0.15) is 11.5 Å². The first-order chi connectivity index (χ1) is 16.2. The van der Waals surface area contributed by atoms with E-state index in [-0.39, 0.29) is 25.3 Å². The van der Waals surface area contributed by atoms with Gasteiger partial charge in [-0.1, -0.05) is 41.4 Å². The van der Waals surface area contributed by atoms with Crippen LogP contribution in [0.2, 0.25) is 10.0 Å². The Morgan fingerprint density at radius 1 is 1.00 bits per heavy atom. The van der Waals surface area contributed by atoms with Gasteiger partial charge in [-0.15, -0.1) is 0 Å². The number of hydrogen-bond acceptors (Lipinski definition) is 5. The molecule has 0 bridgehead atoms. The minimum Gasteiger partial charge on any atom is -0.495 e. The molecule has 1 N–H and O–H groups in total. The lowest BCUT2D eigenvalue weighted by atomic mass is 10.2. The van der Waals surface area contributed by atoms with Crippen LogP contribution in [0.1, 0.15) is 12.8 Å². The molecule has 0 aliphatic rings. The van der Waals surface area contributed by atoms with Gasteiger partial charge in [-0.05, 0) is 55.0 Å². The molecular formula is C24H24Cl2N2O5S. The van der Waals surface area contributed by atoms with Gasteiger partial charge in [-0.3, -0.25) is 9.10 Å². The van der Waals surface area contributed by atoms with Gasteiger partial charge in [0, 0.05) is 18.0 Å². The number of rotatable bonds is 10. The second kappa shape index (κ2) is 11.5. The summed E-state index contributed by atoms with van der Waals surface area (Å²) in [5.74, 6) is 1.19. The number of nitrogens with one attached hydrogen (secondary N) is 1. The predicted molar refractivity (Wildman–Crippen MR) is 136 cm³/mol. The van der Waals surface area contributed by atoms with E-state index < -0.39 is 10.0 Å². The molecule has 7 nitrogen and oxygen atoms in total. The van der Waals surface area contributed by atoms with Crippen LogP contribution in [0.5, 0.6) is 17.2 Å². The number of nitrogens with zero attached hydrogens (tertiary/aromatic N) is 1. The summed E-state index contributed by atoms with van der Waals surface area (Å²) in [4.78, 5) is 12.6. The van der Waals surface area contributed by atoms with Crippen molar-refractivity contribution in [3.8, 4) is 17.2 Å². The number of sulfonamides is 1. The monoisotopic (exact) mass is 522 g/mol. The summed E-state index contributed by atoms with van der Waals surface area (Å²) in [6, 6.07) is 18.8. The van der Waals surface area contributed by atoms with Gasteiger partial charge in [0.15, 0.2) is 5.75 Å². The molecule has 0 aliphatic carbocycles. The van der Waals surface area contributed by atoms with Crippen LogP contribution >= 0.6 is 23.2 Å². The molecule has 0 aromatic heterocycles. The Morgan fingerprint density at radius 2 is 1.71 bits per heavy atom. The van der Waals surface area contributed by atoms with Crippen molar-refractivity contribution in [3.63, 3.8) is 0 Å². The van der Waals surface area contributed by atoms with Crippen LogP contribution in [0.4, 0.5) is 11.4 Å². The average molecular weight is 523 g/mol. The van der Waals surface area contributed by atoms with Crippen molar-refractivity contribution in [2.24, 2.45) is 0 Å². The maximum atomic E-state index is 12.6. The second-order valence-electron chi connectivity index (χ2n) is 7.36. The summed E-state index contributed by atoms with van der Waals surface area (Å²) in [6.45, 7) is 0.0951. The molecule has 10 heteroatoms. The Balaban J connectivity index is 1.66. The average Bonchev–Trinajstić information content (AvgIpc) is 2.78. The zero-order chi connectivity index (χ0) is 24.7. The number of ether oxygens (including phenoxy) is 2. The fraction of sp³-hybridized carbons (Fsp3) is 0.208. The summed E-state index contributed by atoms with van der Waals surface area (Å²) < 4.78 is 36.9. The lowest BCUT2D eigenvalue weighted by Crippen LogP contribution is -2.31. The maximum absolute atomic E-state index is 12.6. The molecule has 1 amide bonds. The number of hydrogen-bond donors (Lipinski definition) is 1. The number of amides is 1. The van der Waals surface area contributed by atoms with Crippen LogP contribution in [0.15, 0.2) is 66.7 Å².